The molecular weight excluding hydrogens is 276 g/mol. The number of carbonyl (C=O) groups excluding carboxylic acids is 1. The lowest BCUT2D eigenvalue weighted by Crippen LogP contribution is -2.23. The first-order chi connectivity index (χ1) is 10.7. The second-order valence-corrected chi connectivity index (χ2v) is 4.61. The Bertz CT molecular complexity index is 715. The molecule has 0 aliphatic heterocycles. The molecule has 0 aromatic heterocycles. The molecule has 2 rings (SSSR count). The Morgan fingerprint density at radius 2 is 2.00 bits per heavy atom. The molecule has 0 radical (unpaired) electrons. The standard InChI is InChI=1S/C18H16N2O2/c1-22-17-9-5-8-15(11-17)10-16(12-19)18(21)20-13-14-6-3-2-4-7-14/h2-11H,13H2,1H3,(H,20,21)/b16-10+. The van der Waals surface area contributed by atoms with Gasteiger partial charge in [0, 0.05) is 6.54 Å². The molecule has 0 aliphatic carbocycles. The zero-order chi connectivity index (χ0) is 15.8. The maximum Gasteiger partial charge on any atom is 0.262 e. The number of hydrogen-bond acceptors (Lipinski definition) is 3. The number of hydrogen-bond donors (Lipinski definition) is 1. The predicted octanol–water partition coefficient (Wildman–Crippen LogP) is 2.92. The lowest BCUT2D eigenvalue weighted by atomic mass is 10.1. The number of rotatable bonds is 5. The Labute approximate surface area is 129 Å². The van der Waals surface area contributed by atoms with E-state index in [9.17, 15) is 10.1 Å². The fourth-order valence-corrected chi connectivity index (χ4v) is 1.92. The van der Waals surface area contributed by atoms with Crippen LogP contribution < -0.4 is 10.1 Å². The highest BCUT2D eigenvalue weighted by molar-refractivity contribution is 6.01. The molecule has 2 aromatic carbocycles. The number of carbonyl (C=O) groups is 1. The second-order valence-electron chi connectivity index (χ2n) is 4.61. The highest BCUT2D eigenvalue weighted by Crippen LogP contribution is 2.15. The third-order valence-electron chi connectivity index (χ3n) is 3.07. The summed E-state index contributed by atoms with van der Waals surface area (Å²) in [5, 5.41) is 11.9. The van der Waals surface area contributed by atoms with Crippen LogP contribution in [0.25, 0.3) is 6.08 Å². The summed E-state index contributed by atoms with van der Waals surface area (Å²) in [7, 11) is 1.57. The highest BCUT2D eigenvalue weighted by atomic mass is 16.5. The summed E-state index contributed by atoms with van der Waals surface area (Å²) in [6.07, 6.45) is 1.54. The topological polar surface area (TPSA) is 62.1 Å². The molecule has 0 fully saturated rings. The molecule has 0 saturated heterocycles. The van der Waals surface area contributed by atoms with Crippen molar-refractivity contribution in [3.8, 4) is 11.8 Å². The van der Waals surface area contributed by atoms with Crippen LogP contribution in [-0.2, 0) is 11.3 Å². The molecule has 0 atom stereocenters. The van der Waals surface area contributed by atoms with Crippen molar-refractivity contribution in [1.29, 1.82) is 5.26 Å². The number of ether oxygens (including phenoxy) is 1. The molecule has 0 bridgehead atoms. The monoisotopic (exact) mass is 292 g/mol. The molecule has 0 unspecified atom stereocenters. The van der Waals surface area contributed by atoms with Crippen LogP contribution in [0.4, 0.5) is 0 Å². The fourth-order valence-electron chi connectivity index (χ4n) is 1.92. The Morgan fingerprint density at radius 1 is 1.23 bits per heavy atom. The van der Waals surface area contributed by atoms with Crippen molar-refractivity contribution in [2.75, 3.05) is 7.11 Å². The van der Waals surface area contributed by atoms with E-state index in [1.807, 2.05) is 48.5 Å². The lowest BCUT2D eigenvalue weighted by Gasteiger charge is -2.05. The molecule has 0 heterocycles. The largest absolute Gasteiger partial charge is 0.497 e. The summed E-state index contributed by atoms with van der Waals surface area (Å²) < 4.78 is 5.12. The smallest absolute Gasteiger partial charge is 0.262 e. The molecule has 1 amide bonds. The van der Waals surface area contributed by atoms with Crippen molar-refractivity contribution in [3.05, 3.63) is 71.3 Å². The number of benzene rings is 2. The van der Waals surface area contributed by atoms with Crippen LogP contribution >= 0.6 is 0 Å². The first-order valence-electron chi connectivity index (χ1n) is 6.81. The average molecular weight is 292 g/mol. The number of nitrogens with zero attached hydrogens (tertiary/aromatic N) is 1. The Hall–Kier alpha value is -3.06. The van der Waals surface area contributed by atoms with Crippen LogP contribution in [0.15, 0.2) is 60.2 Å². The minimum absolute atomic E-state index is 0.0594. The SMILES string of the molecule is COc1cccc(/C=C(\C#N)C(=O)NCc2ccccc2)c1. The van der Waals surface area contributed by atoms with Gasteiger partial charge in [-0.05, 0) is 29.3 Å². The van der Waals surface area contributed by atoms with Gasteiger partial charge in [-0.2, -0.15) is 5.26 Å². The predicted molar refractivity (Wildman–Crippen MR) is 84.9 cm³/mol. The van der Waals surface area contributed by atoms with Gasteiger partial charge < -0.3 is 10.1 Å². The van der Waals surface area contributed by atoms with Crippen LogP contribution in [0.3, 0.4) is 0 Å². The quantitative estimate of drug-likeness (QED) is 0.681. The zero-order valence-corrected chi connectivity index (χ0v) is 12.2. The van der Waals surface area contributed by atoms with E-state index in [2.05, 4.69) is 5.32 Å². The summed E-state index contributed by atoms with van der Waals surface area (Å²) in [6.45, 7) is 0.386. The molecular formula is C18H16N2O2. The molecule has 1 N–H and O–H groups in total. The molecule has 22 heavy (non-hydrogen) atoms. The number of nitrogens with one attached hydrogen (secondary N) is 1. The van der Waals surface area contributed by atoms with Gasteiger partial charge in [-0.3, -0.25) is 4.79 Å². The van der Waals surface area contributed by atoms with Gasteiger partial charge in [0.05, 0.1) is 7.11 Å². The summed E-state index contributed by atoms with van der Waals surface area (Å²) >= 11 is 0. The van der Waals surface area contributed by atoms with Gasteiger partial charge in [-0.25, -0.2) is 0 Å². The van der Waals surface area contributed by atoms with E-state index in [4.69, 9.17) is 4.74 Å². The van der Waals surface area contributed by atoms with Crippen molar-refractivity contribution >= 4 is 12.0 Å². The molecule has 0 saturated carbocycles. The Kier molecular flexibility index (Phi) is 5.33. The van der Waals surface area contributed by atoms with Crippen LogP contribution in [0.1, 0.15) is 11.1 Å². The van der Waals surface area contributed by atoms with Gasteiger partial charge >= 0.3 is 0 Å². The molecule has 4 heteroatoms. The number of methoxy groups -OCH3 is 1. The average Bonchev–Trinajstić information content (AvgIpc) is 2.58. The molecule has 4 nitrogen and oxygen atoms in total. The maximum absolute atomic E-state index is 12.1. The zero-order valence-electron chi connectivity index (χ0n) is 12.2. The summed E-state index contributed by atoms with van der Waals surface area (Å²) in [6, 6.07) is 18.7. The van der Waals surface area contributed by atoms with Crippen molar-refractivity contribution in [1.82, 2.24) is 5.32 Å². The fraction of sp³-hybridized carbons (Fsp3) is 0.111. The first kappa shape index (κ1) is 15.3. The van der Waals surface area contributed by atoms with Crippen LogP contribution in [-0.4, -0.2) is 13.0 Å². The molecule has 0 aliphatic rings. The van der Waals surface area contributed by atoms with Crippen LogP contribution in [0.5, 0.6) is 5.75 Å². The minimum atomic E-state index is -0.394. The van der Waals surface area contributed by atoms with Gasteiger partial charge in [0.25, 0.3) is 5.91 Å². The van der Waals surface area contributed by atoms with Crippen LogP contribution in [0.2, 0.25) is 0 Å². The van der Waals surface area contributed by atoms with E-state index < -0.39 is 5.91 Å². The summed E-state index contributed by atoms with van der Waals surface area (Å²) in [5.74, 6) is 0.282. The summed E-state index contributed by atoms with van der Waals surface area (Å²) in [5.41, 5.74) is 1.78. The highest BCUT2D eigenvalue weighted by Gasteiger charge is 2.08. The van der Waals surface area contributed by atoms with Gasteiger partial charge in [0.1, 0.15) is 17.4 Å². The normalized spacial score (nSPS) is 10.6. The van der Waals surface area contributed by atoms with E-state index in [-0.39, 0.29) is 5.57 Å². The Balaban J connectivity index is 2.08. The lowest BCUT2D eigenvalue weighted by molar-refractivity contribution is -0.117. The first-order valence-corrected chi connectivity index (χ1v) is 6.81. The maximum atomic E-state index is 12.1. The molecule has 110 valence electrons. The van der Waals surface area contributed by atoms with E-state index >= 15 is 0 Å². The number of nitriles is 1. The van der Waals surface area contributed by atoms with Gasteiger partial charge in [0.15, 0.2) is 0 Å². The van der Waals surface area contributed by atoms with Gasteiger partial charge in [0.2, 0.25) is 0 Å². The van der Waals surface area contributed by atoms with Crippen molar-refractivity contribution in [3.63, 3.8) is 0 Å². The van der Waals surface area contributed by atoms with Crippen LogP contribution in [0, 0.1) is 11.3 Å². The van der Waals surface area contributed by atoms with Gasteiger partial charge in [-0.15, -0.1) is 0 Å². The van der Waals surface area contributed by atoms with Crippen molar-refractivity contribution in [2.24, 2.45) is 0 Å². The van der Waals surface area contributed by atoms with E-state index in [1.165, 1.54) is 0 Å². The van der Waals surface area contributed by atoms with E-state index in [1.54, 1.807) is 25.3 Å². The summed E-state index contributed by atoms with van der Waals surface area (Å²) in [4.78, 5) is 12.1. The Morgan fingerprint density at radius 3 is 2.68 bits per heavy atom. The second kappa shape index (κ2) is 7.65. The third kappa shape index (κ3) is 4.22. The van der Waals surface area contributed by atoms with Crippen molar-refractivity contribution in [2.45, 2.75) is 6.54 Å². The van der Waals surface area contributed by atoms with Crippen molar-refractivity contribution < 1.29 is 9.53 Å². The minimum Gasteiger partial charge on any atom is -0.497 e. The molecule has 2 aromatic rings. The molecule has 0 spiro atoms. The number of amides is 1. The van der Waals surface area contributed by atoms with E-state index in [0.29, 0.717) is 12.3 Å². The van der Waals surface area contributed by atoms with Gasteiger partial charge in [-0.1, -0.05) is 42.5 Å². The van der Waals surface area contributed by atoms with E-state index in [0.717, 1.165) is 11.1 Å². The third-order valence-corrected chi connectivity index (χ3v) is 3.07.